The van der Waals surface area contributed by atoms with Crippen molar-refractivity contribution in [2.24, 2.45) is 0 Å². The molecule has 2 heterocycles. The van der Waals surface area contributed by atoms with E-state index in [4.69, 9.17) is 23.9 Å². The summed E-state index contributed by atoms with van der Waals surface area (Å²) in [5.74, 6) is 0.565. The van der Waals surface area contributed by atoms with Crippen LogP contribution < -0.4 is 15.3 Å². The Morgan fingerprint density at radius 1 is 0.704 bits per heavy atom. The summed E-state index contributed by atoms with van der Waals surface area (Å²) in [5.41, 5.74) is 0.230. The minimum Gasteiger partial charge on any atom is -0.443 e. The van der Waals surface area contributed by atoms with Crippen LogP contribution in [0.25, 0.3) is 0 Å². The second kappa shape index (κ2) is 16.8. The van der Waals surface area contributed by atoms with Crippen molar-refractivity contribution in [3.63, 3.8) is 0 Å². The van der Waals surface area contributed by atoms with E-state index < -0.39 is 31.7 Å². The molecule has 0 spiro atoms. The van der Waals surface area contributed by atoms with Gasteiger partial charge in [0.05, 0.1) is 19.2 Å². The van der Waals surface area contributed by atoms with Crippen molar-refractivity contribution in [2.45, 2.75) is 97.7 Å². The third kappa shape index (κ3) is 10.3. The van der Waals surface area contributed by atoms with Crippen LogP contribution >= 0.6 is 0 Å². The number of piperazine rings is 1. The molecule has 0 N–H and O–H groups in total. The fraction of sp³-hybridized carbons (Fsp3) is 0.442. The predicted molar refractivity (Wildman–Crippen MR) is 216 cm³/mol. The highest BCUT2D eigenvalue weighted by Crippen LogP contribution is 2.37. The smallest absolute Gasteiger partial charge is 0.420 e. The number of hydrogen-bond acceptors (Lipinski definition) is 9. The first-order chi connectivity index (χ1) is 25.4. The summed E-state index contributed by atoms with van der Waals surface area (Å²) in [6.07, 6.45) is 1.74. The van der Waals surface area contributed by atoms with Gasteiger partial charge in [-0.15, -0.1) is 0 Å². The Kier molecular flexibility index (Phi) is 12.7. The second-order valence-electron chi connectivity index (χ2n) is 17.0. The number of carbonyl (C=O) groups is 2. The minimum atomic E-state index is -2.82. The monoisotopic (exact) mass is 751 g/mol. The lowest BCUT2D eigenvalue weighted by atomic mass is 10.1. The largest absolute Gasteiger partial charge is 0.443 e. The first kappa shape index (κ1) is 40.6. The number of carbonyl (C=O) groups excluding carboxylic acids is 2. The molecule has 11 heteroatoms. The summed E-state index contributed by atoms with van der Waals surface area (Å²) in [6.45, 7) is 20.9. The van der Waals surface area contributed by atoms with E-state index in [-0.39, 0.29) is 17.6 Å². The van der Waals surface area contributed by atoms with Gasteiger partial charge in [0.1, 0.15) is 11.2 Å². The van der Waals surface area contributed by atoms with Gasteiger partial charge in [0, 0.05) is 44.1 Å². The van der Waals surface area contributed by atoms with E-state index in [0.29, 0.717) is 24.7 Å². The first-order valence-electron chi connectivity index (χ1n) is 18.8. The minimum absolute atomic E-state index is 0.0602. The quantitative estimate of drug-likeness (QED) is 0.154. The number of anilines is 1. The molecule has 1 atom stereocenters. The van der Waals surface area contributed by atoms with Crippen LogP contribution in [0.15, 0.2) is 103 Å². The molecule has 10 nitrogen and oxygen atoms in total. The Morgan fingerprint density at radius 2 is 1.19 bits per heavy atom. The van der Waals surface area contributed by atoms with E-state index in [2.05, 4.69) is 116 Å². The van der Waals surface area contributed by atoms with Crippen LogP contribution in [0.5, 0.6) is 0 Å². The van der Waals surface area contributed by atoms with Crippen LogP contribution in [0.4, 0.5) is 15.5 Å². The summed E-state index contributed by atoms with van der Waals surface area (Å²) >= 11 is 0. The maximum absolute atomic E-state index is 13.2. The van der Waals surface area contributed by atoms with Crippen LogP contribution in [0.3, 0.4) is 0 Å². The van der Waals surface area contributed by atoms with Crippen LogP contribution in [-0.4, -0.2) is 83.8 Å². The summed E-state index contributed by atoms with van der Waals surface area (Å²) < 4.78 is 18.6. The van der Waals surface area contributed by atoms with E-state index >= 15 is 0 Å². The van der Waals surface area contributed by atoms with Gasteiger partial charge in [-0.25, -0.2) is 24.5 Å². The van der Waals surface area contributed by atoms with Gasteiger partial charge in [-0.1, -0.05) is 112 Å². The molecule has 288 valence electrons. The predicted octanol–water partition coefficient (Wildman–Crippen LogP) is 7.42. The molecule has 4 aromatic rings. The number of hydrogen-bond donors (Lipinski definition) is 0. The second-order valence-corrected chi connectivity index (χ2v) is 21.3. The third-order valence-corrected chi connectivity index (χ3v) is 14.2. The summed E-state index contributed by atoms with van der Waals surface area (Å²) in [4.78, 5) is 41.6. The topological polar surface area (TPSA) is 97.3 Å². The Balaban J connectivity index is 1.45. The molecule has 1 saturated heterocycles. The van der Waals surface area contributed by atoms with E-state index in [9.17, 15) is 9.59 Å². The first-order valence-corrected chi connectivity index (χ1v) is 20.7. The van der Waals surface area contributed by atoms with E-state index in [1.54, 1.807) is 53.9 Å². The van der Waals surface area contributed by atoms with Crippen molar-refractivity contribution < 1.29 is 23.5 Å². The van der Waals surface area contributed by atoms with Gasteiger partial charge in [-0.3, -0.25) is 4.90 Å². The van der Waals surface area contributed by atoms with Gasteiger partial charge in [0.15, 0.2) is 0 Å². The van der Waals surface area contributed by atoms with Crippen molar-refractivity contribution in [1.29, 1.82) is 0 Å². The van der Waals surface area contributed by atoms with Crippen LogP contribution in [0.2, 0.25) is 5.04 Å². The molecule has 0 bridgehead atoms. The van der Waals surface area contributed by atoms with Crippen LogP contribution in [0.1, 0.15) is 73.4 Å². The fourth-order valence-electron chi connectivity index (χ4n) is 6.89. The zero-order valence-electron chi connectivity index (χ0n) is 33.4. The third-order valence-electron chi connectivity index (χ3n) is 9.24. The Labute approximate surface area is 322 Å². The number of amides is 2. The molecule has 2 amide bonds. The van der Waals surface area contributed by atoms with Crippen LogP contribution in [0, 0.1) is 0 Å². The van der Waals surface area contributed by atoms with E-state index in [1.165, 1.54) is 15.9 Å². The van der Waals surface area contributed by atoms with Gasteiger partial charge in [0.25, 0.3) is 8.32 Å². The number of ether oxygens (including phenoxy) is 2. The van der Waals surface area contributed by atoms with E-state index in [0.717, 1.165) is 24.5 Å². The molecule has 1 aromatic heterocycles. The zero-order valence-corrected chi connectivity index (χ0v) is 34.4. The number of benzene rings is 3. The fourth-order valence-corrected chi connectivity index (χ4v) is 11.5. The average Bonchev–Trinajstić information content (AvgIpc) is 3.10. The highest BCUT2D eigenvalue weighted by Gasteiger charge is 2.51. The van der Waals surface area contributed by atoms with Gasteiger partial charge >= 0.3 is 12.2 Å². The summed E-state index contributed by atoms with van der Waals surface area (Å²) in [7, 11) is -2.82. The maximum Gasteiger partial charge on any atom is 0.420 e. The molecule has 1 fully saturated rings. The average molecular weight is 752 g/mol. The Morgan fingerprint density at radius 3 is 1.65 bits per heavy atom. The maximum atomic E-state index is 13.2. The van der Waals surface area contributed by atoms with Crippen LogP contribution in [-0.2, 0) is 27.0 Å². The molecule has 0 aliphatic carbocycles. The molecule has 1 aliphatic heterocycles. The van der Waals surface area contributed by atoms with Gasteiger partial charge in [-0.05, 0) is 62.5 Å². The van der Waals surface area contributed by atoms with Crippen molar-refractivity contribution in [2.75, 3.05) is 31.1 Å². The lowest BCUT2D eigenvalue weighted by Gasteiger charge is -2.46. The zero-order chi connectivity index (χ0) is 39.1. The summed E-state index contributed by atoms with van der Waals surface area (Å²) in [6, 6.07) is 31.9. The Hall–Kier alpha value is -4.58. The van der Waals surface area contributed by atoms with E-state index in [1.807, 2.05) is 6.07 Å². The normalized spacial score (nSPS) is 15.8. The highest BCUT2D eigenvalue weighted by molar-refractivity contribution is 6.99. The molecule has 1 unspecified atom stereocenters. The van der Waals surface area contributed by atoms with Crippen molar-refractivity contribution in [3.05, 3.63) is 115 Å². The number of aromatic nitrogens is 2. The highest BCUT2D eigenvalue weighted by atomic mass is 28.4. The standard InChI is InChI=1S/C43H57N5O5Si/c1-41(2,3)52-39(49)48(40(50)53-42(4,5)6)30-34-27-44-38(45-28-34)47-26-25-46(29-33-19-13-10-14-20-33)31-35(47)32-51-54(43(7,8)9,36-21-15-11-16-22-36)37-23-17-12-18-24-37/h10-24,27-28,35H,25-26,29-32H2,1-9H3. The van der Waals surface area contributed by atoms with Gasteiger partial charge in [-0.2, -0.15) is 0 Å². The molecular formula is C43H57N5O5Si. The molecule has 54 heavy (non-hydrogen) atoms. The summed E-state index contributed by atoms with van der Waals surface area (Å²) in [5, 5.41) is 2.28. The van der Waals surface area contributed by atoms with Crippen molar-refractivity contribution in [3.8, 4) is 0 Å². The van der Waals surface area contributed by atoms with Crippen molar-refractivity contribution in [1.82, 2.24) is 19.8 Å². The van der Waals surface area contributed by atoms with Gasteiger partial charge in [0.2, 0.25) is 5.95 Å². The molecule has 0 saturated carbocycles. The van der Waals surface area contributed by atoms with Gasteiger partial charge < -0.3 is 18.8 Å². The number of rotatable bonds is 10. The molecule has 3 aromatic carbocycles. The molecule has 5 rings (SSSR count). The molecular weight excluding hydrogens is 695 g/mol. The van der Waals surface area contributed by atoms with Crippen molar-refractivity contribution >= 4 is 36.8 Å². The number of imide groups is 1. The lowest BCUT2D eigenvalue weighted by Crippen LogP contribution is -2.68. The molecule has 0 radical (unpaired) electrons. The Bertz CT molecular complexity index is 1740. The lowest BCUT2D eigenvalue weighted by molar-refractivity contribution is -0.000284. The SMILES string of the molecule is CC(C)(C)OC(=O)N(Cc1cnc(N2CCN(Cc3ccccc3)CC2CO[Si](c2ccccc2)(c2ccccc2)C(C)(C)C)nc1)C(=O)OC(C)(C)C. The number of nitrogens with zero attached hydrogens (tertiary/aromatic N) is 5. The molecule has 1 aliphatic rings.